The van der Waals surface area contributed by atoms with Gasteiger partial charge in [0.2, 0.25) is 5.91 Å². The molecule has 2 aliphatic rings. The fourth-order valence-electron chi connectivity index (χ4n) is 3.78. The molecule has 144 valence electrons. The summed E-state index contributed by atoms with van der Waals surface area (Å²) < 4.78 is 5.39. The number of hydrogen-bond donors (Lipinski definition) is 0. The topological polar surface area (TPSA) is 66.9 Å². The number of ketones is 1. The maximum atomic E-state index is 12.7. The maximum Gasteiger partial charge on any atom is 0.339 e. The Morgan fingerprint density at radius 2 is 1.68 bits per heavy atom. The van der Waals surface area contributed by atoms with E-state index in [9.17, 15) is 14.4 Å². The van der Waals surface area contributed by atoms with Crippen molar-refractivity contribution in [2.75, 3.05) is 31.1 Å². The second-order valence-corrected chi connectivity index (χ2v) is 7.16. The average Bonchev–Trinajstić information content (AvgIpc) is 3.04. The number of hydrogen-bond acceptors (Lipinski definition) is 5. The Balaban J connectivity index is 1.34. The van der Waals surface area contributed by atoms with E-state index in [1.807, 2.05) is 41.3 Å². The molecule has 1 atom stereocenters. The predicted molar refractivity (Wildman–Crippen MR) is 104 cm³/mol. The van der Waals surface area contributed by atoms with Crippen LogP contribution in [0.1, 0.15) is 45.7 Å². The van der Waals surface area contributed by atoms with E-state index in [1.54, 1.807) is 19.1 Å². The maximum absolute atomic E-state index is 12.7. The third-order valence-electron chi connectivity index (χ3n) is 5.41. The smallest absolute Gasteiger partial charge is 0.339 e. The van der Waals surface area contributed by atoms with Crippen LogP contribution in [0.4, 0.5) is 5.69 Å². The highest BCUT2D eigenvalue weighted by Crippen LogP contribution is 2.33. The number of carbonyl (C=O) groups is 3. The molecular formula is C22H22N2O4. The van der Waals surface area contributed by atoms with Crippen molar-refractivity contribution >= 4 is 23.3 Å². The lowest BCUT2D eigenvalue weighted by Gasteiger charge is -2.36. The number of esters is 1. The number of amides is 1. The molecule has 0 saturated carbocycles. The lowest BCUT2D eigenvalue weighted by atomic mass is 10.0. The van der Waals surface area contributed by atoms with Crippen molar-refractivity contribution in [3.63, 3.8) is 0 Å². The second-order valence-electron chi connectivity index (χ2n) is 7.16. The SMILES string of the molecule is CC(=O)c1ccc(N2CCN(C(=O)C[C@@H]3OC(=O)c4ccccc43)CC2)cc1. The minimum absolute atomic E-state index is 0.00100. The van der Waals surface area contributed by atoms with E-state index in [4.69, 9.17) is 4.74 Å². The Hall–Kier alpha value is -3.15. The molecule has 0 aromatic heterocycles. The van der Waals surface area contributed by atoms with Crippen LogP contribution in [-0.4, -0.2) is 48.7 Å². The van der Waals surface area contributed by atoms with Gasteiger partial charge in [-0.1, -0.05) is 18.2 Å². The lowest BCUT2D eigenvalue weighted by Crippen LogP contribution is -2.49. The number of Topliss-reactive ketones (excluding diaryl/α,β-unsaturated/α-hetero) is 1. The van der Waals surface area contributed by atoms with Gasteiger partial charge in [0, 0.05) is 43.0 Å². The monoisotopic (exact) mass is 378 g/mol. The molecule has 0 spiro atoms. The van der Waals surface area contributed by atoms with Gasteiger partial charge < -0.3 is 14.5 Å². The Morgan fingerprint density at radius 1 is 1.00 bits per heavy atom. The number of rotatable bonds is 4. The van der Waals surface area contributed by atoms with Crippen LogP contribution in [0.2, 0.25) is 0 Å². The van der Waals surface area contributed by atoms with Crippen molar-refractivity contribution in [2.24, 2.45) is 0 Å². The highest BCUT2D eigenvalue weighted by Gasteiger charge is 2.33. The van der Waals surface area contributed by atoms with Crippen molar-refractivity contribution in [1.29, 1.82) is 0 Å². The molecule has 0 radical (unpaired) electrons. The van der Waals surface area contributed by atoms with Gasteiger partial charge in [-0.3, -0.25) is 9.59 Å². The molecule has 4 rings (SSSR count). The normalized spacial score (nSPS) is 18.6. The lowest BCUT2D eigenvalue weighted by molar-refractivity contribution is -0.133. The summed E-state index contributed by atoms with van der Waals surface area (Å²) in [6, 6.07) is 14.8. The summed E-state index contributed by atoms with van der Waals surface area (Å²) >= 11 is 0. The zero-order valence-corrected chi connectivity index (χ0v) is 15.8. The molecule has 0 bridgehead atoms. The van der Waals surface area contributed by atoms with Crippen molar-refractivity contribution < 1.29 is 19.1 Å². The minimum Gasteiger partial charge on any atom is -0.453 e. The van der Waals surface area contributed by atoms with Gasteiger partial charge in [-0.05, 0) is 37.3 Å². The quantitative estimate of drug-likeness (QED) is 0.605. The fourth-order valence-corrected chi connectivity index (χ4v) is 3.78. The molecule has 6 nitrogen and oxygen atoms in total. The van der Waals surface area contributed by atoms with E-state index >= 15 is 0 Å². The van der Waals surface area contributed by atoms with E-state index in [0.717, 1.165) is 24.3 Å². The number of fused-ring (bicyclic) bond motifs is 1. The van der Waals surface area contributed by atoms with Gasteiger partial charge in [-0.2, -0.15) is 0 Å². The summed E-state index contributed by atoms with van der Waals surface area (Å²) in [6.07, 6.45) is -0.316. The molecule has 0 N–H and O–H groups in total. The van der Waals surface area contributed by atoms with E-state index in [2.05, 4.69) is 4.90 Å². The first-order valence-corrected chi connectivity index (χ1v) is 9.46. The summed E-state index contributed by atoms with van der Waals surface area (Å²) in [4.78, 5) is 40.1. The second kappa shape index (κ2) is 7.46. The average molecular weight is 378 g/mol. The molecule has 6 heteroatoms. The van der Waals surface area contributed by atoms with Gasteiger partial charge in [0.1, 0.15) is 6.10 Å². The number of carbonyl (C=O) groups excluding carboxylic acids is 3. The largest absolute Gasteiger partial charge is 0.453 e. The summed E-state index contributed by atoms with van der Waals surface area (Å²) in [5, 5.41) is 0. The standard InChI is InChI=1S/C22H22N2O4/c1-15(25)16-6-8-17(9-7-16)23-10-12-24(13-11-23)21(26)14-20-18-4-2-3-5-19(18)22(27)28-20/h2-9,20H,10-14H2,1H3/t20-/m0/s1. The minimum atomic E-state index is -0.492. The van der Waals surface area contributed by atoms with E-state index in [1.165, 1.54) is 0 Å². The summed E-state index contributed by atoms with van der Waals surface area (Å²) in [7, 11) is 0. The Kier molecular flexibility index (Phi) is 4.86. The van der Waals surface area contributed by atoms with Gasteiger partial charge in [0.25, 0.3) is 0 Å². The summed E-state index contributed by atoms with van der Waals surface area (Å²) in [6.45, 7) is 4.25. The number of piperazine rings is 1. The molecular weight excluding hydrogens is 356 g/mol. The third kappa shape index (κ3) is 3.50. The number of nitrogens with zero attached hydrogens (tertiary/aromatic N) is 2. The van der Waals surface area contributed by atoms with E-state index in [0.29, 0.717) is 24.2 Å². The number of anilines is 1. The van der Waals surface area contributed by atoms with Gasteiger partial charge >= 0.3 is 5.97 Å². The van der Waals surface area contributed by atoms with Crippen molar-refractivity contribution in [1.82, 2.24) is 4.90 Å². The van der Waals surface area contributed by atoms with Gasteiger partial charge in [0.15, 0.2) is 5.78 Å². The van der Waals surface area contributed by atoms with Crippen LogP contribution in [0.25, 0.3) is 0 Å². The number of ether oxygens (including phenoxy) is 1. The molecule has 1 amide bonds. The van der Waals surface area contributed by atoms with E-state index < -0.39 is 6.10 Å². The molecule has 1 fully saturated rings. The van der Waals surface area contributed by atoms with Crippen LogP contribution >= 0.6 is 0 Å². The van der Waals surface area contributed by atoms with Crippen LogP contribution in [-0.2, 0) is 9.53 Å². The third-order valence-corrected chi connectivity index (χ3v) is 5.41. The van der Waals surface area contributed by atoms with Crippen LogP contribution in [0.3, 0.4) is 0 Å². The first-order valence-electron chi connectivity index (χ1n) is 9.46. The molecule has 2 aliphatic heterocycles. The van der Waals surface area contributed by atoms with Gasteiger partial charge in [0.05, 0.1) is 12.0 Å². The number of cyclic esters (lactones) is 1. The van der Waals surface area contributed by atoms with Crippen molar-refractivity contribution in [3.8, 4) is 0 Å². The summed E-state index contributed by atoms with van der Waals surface area (Å²) in [5.74, 6) is -0.301. The first-order chi connectivity index (χ1) is 13.5. The molecule has 2 aromatic carbocycles. The highest BCUT2D eigenvalue weighted by molar-refractivity contribution is 5.95. The fraction of sp³-hybridized carbons (Fsp3) is 0.318. The van der Waals surface area contributed by atoms with E-state index in [-0.39, 0.29) is 24.1 Å². The molecule has 2 aromatic rings. The van der Waals surface area contributed by atoms with Gasteiger partial charge in [-0.15, -0.1) is 0 Å². The zero-order chi connectivity index (χ0) is 19.7. The molecule has 0 aliphatic carbocycles. The molecule has 2 heterocycles. The highest BCUT2D eigenvalue weighted by atomic mass is 16.5. The van der Waals surface area contributed by atoms with Gasteiger partial charge in [-0.25, -0.2) is 4.79 Å². The Labute approximate surface area is 163 Å². The molecule has 1 saturated heterocycles. The Morgan fingerprint density at radius 3 is 2.36 bits per heavy atom. The first kappa shape index (κ1) is 18.2. The zero-order valence-electron chi connectivity index (χ0n) is 15.8. The van der Waals surface area contributed by atoms with Crippen LogP contribution in [0, 0.1) is 0 Å². The number of benzene rings is 2. The van der Waals surface area contributed by atoms with Crippen molar-refractivity contribution in [2.45, 2.75) is 19.4 Å². The Bertz CT molecular complexity index is 914. The molecule has 28 heavy (non-hydrogen) atoms. The molecule has 0 unspecified atom stereocenters. The van der Waals surface area contributed by atoms with Crippen molar-refractivity contribution in [3.05, 3.63) is 65.2 Å². The summed E-state index contributed by atoms with van der Waals surface area (Å²) in [5.41, 5.74) is 3.10. The predicted octanol–water partition coefficient (Wildman–Crippen LogP) is 2.84. The van der Waals surface area contributed by atoms with Crippen LogP contribution in [0.15, 0.2) is 48.5 Å². The van der Waals surface area contributed by atoms with Crippen LogP contribution in [0.5, 0.6) is 0 Å². The van der Waals surface area contributed by atoms with Crippen LogP contribution < -0.4 is 4.90 Å².